The van der Waals surface area contributed by atoms with Gasteiger partial charge in [-0.15, -0.1) is 11.3 Å². The zero-order valence-corrected chi connectivity index (χ0v) is 14.9. The summed E-state index contributed by atoms with van der Waals surface area (Å²) in [5.74, 6) is 1.16. The standard InChI is InChI=1S/C17H15BrN2O2S/c1-11-14(20-17(22-11)12-5-3-2-4-6-12)9-16(21)19-10-13-7-8-15(18)23-13/h2-8H,9-10H2,1H3,(H,19,21). The van der Waals surface area contributed by atoms with E-state index in [1.165, 1.54) is 0 Å². The van der Waals surface area contributed by atoms with E-state index < -0.39 is 0 Å². The van der Waals surface area contributed by atoms with Crippen molar-refractivity contribution < 1.29 is 9.21 Å². The van der Waals surface area contributed by atoms with Gasteiger partial charge in [0, 0.05) is 10.4 Å². The molecule has 0 spiro atoms. The fourth-order valence-corrected chi connectivity index (χ4v) is 3.57. The Morgan fingerprint density at radius 3 is 2.74 bits per heavy atom. The molecule has 3 rings (SSSR count). The molecular weight excluding hydrogens is 376 g/mol. The largest absolute Gasteiger partial charge is 0.441 e. The van der Waals surface area contributed by atoms with E-state index in [0.29, 0.717) is 23.9 Å². The highest BCUT2D eigenvalue weighted by Gasteiger charge is 2.14. The summed E-state index contributed by atoms with van der Waals surface area (Å²) in [6, 6.07) is 13.6. The summed E-state index contributed by atoms with van der Waals surface area (Å²) in [6.07, 6.45) is 0.217. The third-order valence-corrected chi connectivity index (χ3v) is 4.95. The normalized spacial score (nSPS) is 10.7. The minimum absolute atomic E-state index is 0.0643. The van der Waals surface area contributed by atoms with Crippen molar-refractivity contribution in [3.63, 3.8) is 0 Å². The van der Waals surface area contributed by atoms with Crippen molar-refractivity contribution in [2.45, 2.75) is 19.9 Å². The van der Waals surface area contributed by atoms with Crippen LogP contribution in [0.3, 0.4) is 0 Å². The average molecular weight is 391 g/mol. The van der Waals surface area contributed by atoms with Crippen LogP contribution in [0.5, 0.6) is 0 Å². The summed E-state index contributed by atoms with van der Waals surface area (Å²) in [5.41, 5.74) is 1.58. The first-order valence-corrected chi connectivity index (χ1v) is 8.75. The molecule has 23 heavy (non-hydrogen) atoms. The maximum atomic E-state index is 12.1. The Labute approximate surface area is 146 Å². The number of rotatable bonds is 5. The lowest BCUT2D eigenvalue weighted by Gasteiger charge is -2.02. The van der Waals surface area contributed by atoms with Crippen molar-refractivity contribution in [1.29, 1.82) is 0 Å². The number of oxazole rings is 1. The molecule has 1 aromatic carbocycles. The van der Waals surface area contributed by atoms with Crippen LogP contribution < -0.4 is 5.32 Å². The van der Waals surface area contributed by atoms with Gasteiger partial charge in [-0.25, -0.2) is 4.98 Å². The Bertz CT molecular complexity index is 811. The molecule has 1 amide bonds. The number of hydrogen-bond donors (Lipinski definition) is 1. The molecular formula is C17H15BrN2O2S. The van der Waals surface area contributed by atoms with Crippen molar-refractivity contribution in [3.8, 4) is 11.5 Å². The second-order valence-electron chi connectivity index (χ2n) is 5.05. The number of carbonyl (C=O) groups excluding carboxylic acids is 1. The number of amides is 1. The van der Waals surface area contributed by atoms with E-state index in [4.69, 9.17) is 4.42 Å². The van der Waals surface area contributed by atoms with Gasteiger partial charge in [-0.05, 0) is 47.1 Å². The molecule has 0 atom stereocenters. The van der Waals surface area contributed by atoms with Crippen LogP contribution in [-0.2, 0) is 17.8 Å². The van der Waals surface area contributed by atoms with Gasteiger partial charge in [-0.3, -0.25) is 4.79 Å². The van der Waals surface area contributed by atoms with Crippen LogP contribution in [0.15, 0.2) is 50.7 Å². The monoisotopic (exact) mass is 390 g/mol. The fraction of sp³-hybridized carbons (Fsp3) is 0.176. The molecule has 0 aliphatic carbocycles. The molecule has 3 aromatic rings. The van der Waals surface area contributed by atoms with E-state index >= 15 is 0 Å². The van der Waals surface area contributed by atoms with E-state index in [1.54, 1.807) is 11.3 Å². The molecule has 0 fully saturated rings. The second kappa shape index (κ2) is 7.10. The number of hydrogen-bond acceptors (Lipinski definition) is 4. The smallest absolute Gasteiger partial charge is 0.226 e. The van der Waals surface area contributed by atoms with Gasteiger partial charge < -0.3 is 9.73 Å². The van der Waals surface area contributed by atoms with E-state index in [-0.39, 0.29) is 12.3 Å². The van der Waals surface area contributed by atoms with Crippen LogP contribution in [-0.4, -0.2) is 10.9 Å². The number of benzene rings is 1. The molecule has 2 aromatic heterocycles. The van der Waals surface area contributed by atoms with E-state index in [2.05, 4.69) is 26.2 Å². The Morgan fingerprint density at radius 2 is 2.04 bits per heavy atom. The van der Waals surface area contributed by atoms with Crippen molar-refractivity contribution >= 4 is 33.2 Å². The highest BCUT2D eigenvalue weighted by Crippen LogP contribution is 2.23. The molecule has 4 nitrogen and oxygen atoms in total. The van der Waals surface area contributed by atoms with E-state index in [0.717, 1.165) is 14.2 Å². The number of halogens is 1. The summed E-state index contributed by atoms with van der Waals surface area (Å²) in [7, 11) is 0. The lowest BCUT2D eigenvalue weighted by molar-refractivity contribution is -0.120. The van der Waals surface area contributed by atoms with Crippen LogP contribution in [0, 0.1) is 6.92 Å². The Balaban J connectivity index is 1.63. The van der Waals surface area contributed by atoms with E-state index in [1.807, 2.05) is 49.4 Å². The van der Waals surface area contributed by atoms with Gasteiger partial charge in [0.05, 0.1) is 22.4 Å². The highest BCUT2D eigenvalue weighted by molar-refractivity contribution is 9.11. The zero-order valence-electron chi connectivity index (χ0n) is 12.5. The third kappa shape index (κ3) is 4.09. The topological polar surface area (TPSA) is 55.1 Å². The molecule has 2 heterocycles. The van der Waals surface area contributed by atoms with Gasteiger partial charge in [0.2, 0.25) is 11.8 Å². The van der Waals surface area contributed by atoms with Crippen molar-refractivity contribution in [3.05, 3.63) is 62.6 Å². The summed E-state index contributed by atoms with van der Waals surface area (Å²) in [4.78, 5) is 17.6. The zero-order chi connectivity index (χ0) is 16.2. The van der Waals surface area contributed by atoms with Gasteiger partial charge in [-0.1, -0.05) is 18.2 Å². The second-order valence-corrected chi connectivity index (χ2v) is 7.59. The summed E-state index contributed by atoms with van der Waals surface area (Å²) >= 11 is 5.02. The minimum atomic E-state index is -0.0643. The van der Waals surface area contributed by atoms with Crippen LogP contribution in [0.25, 0.3) is 11.5 Å². The maximum absolute atomic E-state index is 12.1. The summed E-state index contributed by atoms with van der Waals surface area (Å²) in [5, 5.41) is 2.91. The Kier molecular flexibility index (Phi) is 4.93. The first kappa shape index (κ1) is 16.0. The van der Waals surface area contributed by atoms with Crippen molar-refractivity contribution in [2.75, 3.05) is 0 Å². The molecule has 0 aliphatic rings. The highest BCUT2D eigenvalue weighted by atomic mass is 79.9. The number of nitrogens with zero attached hydrogens (tertiary/aromatic N) is 1. The lowest BCUT2D eigenvalue weighted by atomic mass is 10.2. The summed E-state index contributed by atoms with van der Waals surface area (Å²) in [6.45, 7) is 2.36. The molecule has 0 bridgehead atoms. The third-order valence-electron chi connectivity index (χ3n) is 3.33. The number of nitrogens with one attached hydrogen (secondary N) is 1. The van der Waals surface area contributed by atoms with E-state index in [9.17, 15) is 4.79 Å². The molecule has 0 saturated heterocycles. The van der Waals surface area contributed by atoms with Gasteiger partial charge in [0.1, 0.15) is 5.76 Å². The van der Waals surface area contributed by atoms with Crippen LogP contribution in [0.4, 0.5) is 0 Å². The van der Waals surface area contributed by atoms with Gasteiger partial charge >= 0.3 is 0 Å². The molecule has 0 unspecified atom stereocenters. The Morgan fingerprint density at radius 1 is 1.26 bits per heavy atom. The number of thiophene rings is 1. The van der Waals surface area contributed by atoms with Gasteiger partial charge in [0.25, 0.3) is 0 Å². The minimum Gasteiger partial charge on any atom is -0.441 e. The first-order chi connectivity index (χ1) is 11.1. The van der Waals surface area contributed by atoms with Gasteiger partial charge in [0.15, 0.2) is 0 Å². The van der Waals surface area contributed by atoms with Gasteiger partial charge in [-0.2, -0.15) is 0 Å². The Hall–Kier alpha value is -1.92. The van der Waals surface area contributed by atoms with Crippen LogP contribution >= 0.6 is 27.3 Å². The van der Waals surface area contributed by atoms with Crippen molar-refractivity contribution in [2.24, 2.45) is 0 Å². The first-order valence-electron chi connectivity index (χ1n) is 7.14. The summed E-state index contributed by atoms with van der Waals surface area (Å²) < 4.78 is 6.73. The maximum Gasteiger partial charge on any atom is 0.226 e. The number of aromatic nitrogens is 1. The predicted octanol–water partition coefficient (Wildman–Crippen LogP) is 4.33. The molecule has 0 aliphatic heterocycles. The van der Waals surface area contributed by atoms with Crippen LogP contribution in [0.2, 0.25) is 0 Å². The molecule has 6 heteroatoms. The van der Waals surface area contributed by atoms with Crippen LogP contribution in [0.1, 0.15) is 16.3 Å². The molecule has 0 radical (unpaired) electrons. The quantitative estimate of drug-likeness (QED) is 0.704. The SMILES string of the molecule is Cc1oc(-c2ccccc2)nc1CC(=O)NCc1ccc(Br)s1. The molecule has 0 saturated carbocycles. The number of carbonyl (C=O) groups is 1. The fourth-order valence-electron chi connectivity index (χ4n) is 2.14. The lowest BCUT2D eigenvalue weighted by Crippen LogP contribution is -2.24. The van der Waals surface area contributed by atoms with Crippen molar-refractivity contribution in [1.82, 2.24) is 10.3 Å². The molecule has 118 valence electrons. The number of aryl methyl sites for hydroxylation is 1. The molecule has 1 N–H and O–H groups in total. The average Bonchev–Trinajstić information content (AvgIpc) is 3.13. The predicted molar refractivity (Wildman–Crippen MR) is 94.2 cm³/mol.